The summed E-state index contributed by atoms with van der Waals surface area (Å²) in [7, 11) is 0. The number of rotatable bonds is 6. The molecule has 0 saturated carbocycles. The molecule has 0 saturated heterocycles. The smallest absolute Gasteiger partial charge is 0.342 e. The molecule has 1 aromatic carbocycles. The Kier molecular flexibility index (Phi) is 8.00. The Morgan fingerprint density at radius 3 is 2.40 bits per heavy atom. The first-order chi connectivity index (χ1) is 14.4. The van der Waals surface area contributed by atoms with E-state index in [1.807, 2.05) is 0 Å². The van der Waals surface area contributed by atoms with E-state index in [2.05, 4.69) is 30.6 Å². The Balaban J connectivity index is 0.000000558. The number of anilines is 1. The number of nitrogens with one attached hydrogen (secondary N) is 3. The highest BCUT2D eigenvalue weighted by atomic mass is 16.4. The van der Waals surface area contributed by atoms with Gasteiger partial charge in [-0.3, -0.25) is 9.59 Å². The lowest BCUT2D eigenvalue weighted by atomic mass is 10.2. The standard InChI is InChI=1S/C16H16N4O5.C3H4N2/c1-9(21)17-7-6-13(22)19-11-4-2-10(3-5-11)14-18-8-12(16(24)25)15(23)20-14;1-2-5-3-4-1/h2-5,8H,6-7H2,1H3,(H,17,21)(H,19,22)(H,24,25)(H,18,20,23);1-3H,(H,4,5). The quantitative estimate of drug-likeness (QED) is 0.405. The average molecular weight is 412 g/mol. The highest BCUT2D eigenvalue weighted by Gasteiger charge is 2.13. The maximum atomic E-state index is 11.7. The fourth-order valence-corrected chi connectivity index (χ4v) is 2.16. The van der Waals surface area contributed by atoms with E-state index in [-0.39, 0.29) is 36.2 Å². The lowest BCUT2D eigenvalue weighted by Gasteiger charge is -2.07. The molecule has 2 amide bonds. The summed E-state index contributed by atoms with van der Waals surface area (Å²) in [6.07, 6.45) is 6.26. The third-order valence-electron chi connectivity index (χ3n) is 3.56. The number of hydrogen-bond donors (Lipinski definition) is 5. The summed E-state index contributed by atoms with van der Waals surface area (Å²) >= 11 is 0. The molecule has 0 aliphatic heterocycles. The number of nitrogens with zero attached hydrogens (tertiary/aromatic N) is 3. The van der Waals surface area contributed by atoms with Crippen LogP contribution in [0, 0.1) is 0 Å². The van der Waals surface area contributed by atoms with E-state index >= 15 is 0 Å². The molecule has 0 bridgehead atoms. The molecule has 0 radical (unpaired) electrons. The van der Waals surface area contributed by atoms with E-state index in [1.165, 1.54) is 6.92 Å². The summed E-state index contributed by atoms with van der Waals surface area (Å²) in [6, 6.07) is 6.49. The number of carbonyl (C=O) groups excluding carboxylic acids is 2. The minimum atomic E-state index is -1.32. The van der Waals surface area contributed by atoms with Gasteiger partial charge in [0.2, 0.25) is 17.7 Å². The maximum Gasteiger partial charge on any atom is 0.342 e. The van der Waals surface area contributed by atoms with E-state index in [0.29, 0.717) is 11.3 Å². The van der Waals surface area contributed by atoms with Crippen LogP contribution < -0.4 is 10.6 Å². The van der Waals surface area contributed by atoms with Gasteiger partial charge in [-0.25, -0.2) is 14.8 Å². The minimum absolute atomic E-state index is 0.148. The Morgan fingerprint density at radius 1 is 1.17 bits per heavy atom. The number of aromatic carboxylic acids is 1. The number of benzene rings is 1. The molecule has 0 spiro atoms. The summed E-state index contributed by atoms with van der Waals surface area (Å²) < 4.78 is 0. The first kappa shape index (κ1) is 22.0. The fourth-order valence-electron chi connectivity index (χ4n) is 2.16. The van der Waals surface area contributed by atoms with Gasteiger partial charge < -0.3 is 25.8 Å². The molecule has 2 heterocycles. The van der Waals surface area contributed by atoms with Crippen molar-refractivity contribution < 1.29 is 24.6 Å². The molecule has 156 valence electrons. The predicted octanol–water partition coefficient (Wildman–Crippen LogP) is 1.42. The van der Waals surface area contributed by atoms with Crippen LogP contribution in [-0.4, -0.2) is 54.5 Å². The van der Waals surface area contributed by atoms with Crippen LogP contribution in [-0.2, 0) is 9.59 Å². The predicted molar refractivity (Wildman–Crippen MR) is 107 cm³/mol. The van der Waals surface area contributed by atoms with Crippen molar-refractivity contribution in [3.05, 3.63) is 54.7 Å². The second-order valence-electron chi connectivity index (χ2n) is 5.86. The van der Waals surface area contributed by atoms with Crippen molar-refractivity contribution in [2.75, 3.05) is 11.9 Å². The Labute approximate surface area is 171 Å². The molecular weight excluding hydrogens is 392 g/mol. The maximum absolute atomic E-state index is 11.7. The highest BCUT2D eigenvalue weighted by Crippen LogP contribution is 2.21. The van der Waals surface area contributed by atoms with Gasteiger partial charge in [0.1, 0.15) is 5.56 Å². The van der Waals surface area contributed by atoms with Gasteiger partial charge in [0.15, 0.2) is 5.82 Å². The van der Waals surface area contributed by atoms with Crippen LogP contribution in [0.3, 0.4) is 0 Å². The van der Waals surface area contributed by atoms with Crippen molar-refractivity contribution in [1.29, 1.82) is 0 Å². The third-order valence-corrected chi connectivity index (χ3v) is 3.56. The van der Waals surface area contributed by atoms with Gasteiger partial charge in [-0.15, -0.1) is 0 Å². The van der Waals surface area contributed by atoms with Crippen molar-refractivity contribution in [2.45, 2.75) is 13.3 Å². The number of aromatic hydroxyl groups is 1. The number of carbonyl (C=O) groups is 3. The lowest BCUT2D eigenvalue weighted by Crippen LogP contribution is -2.25. The van der Waals surface area contributed by atoms with Crippen LogP contribution in [0.15, 0.2) is 49.2 Å². The van der Waals surface area contributed by atoms with Gasteiger partial charge in [0, 0.05) is 49.7 Å². The first-order valence-corrected chi connectivity index (χ1v) is 8.73. The topological polar surface area (TPSA) is 170 Å². The molecule has 0 unspecified atom stereocenters. The van der Waals surface area contributed by atoms with Crippen molar-refractivity contribution >= 4 is 23.5 Å². The van der Waals surface area contributed by atoms with Gasteiger partial charge in [0.25, 0.3) is 0 Å². The second-order valence-corrected chi connectivity index (χ2v) is 5.86. The number of H-pyrrole nitrogens is 1. The molecular formula is C19H20N6O5. The molecule has 3 rings (SSSR count). The minimum Gasteiger partial charge on any atom is -0.493 e. The Morgan fingerprint density at radius 2 is 1.90 bits per heavy atom. The molecule has 11 heteroatoms. The first-order valence-electron chi connectivity index (χ1n) is 8.73. The zero-order valence-electron chi connectivity index (χ0n) is 16.0. The summed E-state index contributed by atoms with van der Waals surface area (Å²) in [4.78, 5) is 47.3. The van der Waals surface area contributed by atoms with Crippen LogP contribution in [0.4, 0.5) is 5.69 Å². The molecule has 5 N–H and O–H groups in total. The number of carboxylic acid groups (broad SMARTS) is 1. The van der Waals surface area contributed by atoms with Crippen LogP contribution >= 0.6 is 0 Å². The Bertz CT molecular complexity index is 972. The van der Waals surface area contributed by atoms with Crippen LogP contribution in [0.2, 0.25) is 0 Å². The molecule has 0 aliphatic carbocycles. The van der Waals surface area contributed by atoms with Gasteiger partial charge in [-0.1, -0.05) is 0 Å². The van der Waals surface area contributed by atoms with E-state index in [1.54, 1.807) is 43.0 Å². The average Bonchev–Trinajstić information content (AvgIpc) is 3.28. The number of aromatic nitrogens is 4. The summed E-state index contributed by atoms with van der Waals surface area (Å²) in [5.41, 5.74) is 0.707. The monoisotopic (exact) mass is 412 g/mol. The van der Waals surface area contributed by atoms with Gasteiger partial charge >= 0.3 is 5.97 Å². The molecule has 0 fully saturated rings. The lowest BCUT2D eigenvalue weighted by molar-refractivity contribution is -0.119. The molecule has 0 aliphatic rings. The van der Waals surface area contributed by atoms with E-state index in [4.69, 9.17) is 5.11 Å². The SMILES string of the molecule is CC(=O)NCCC(=O)Nc1ccc(-c2ncc(C(=O)O)c(O)n2)cc1.c1c[nH]cn1. The van der Waals surface area contributed by atoms with Crippen molar-refractivity contribution in [3.63, 3.8) is 0 Å². The van der Waals surface area contributed by atoms with Gasteiger partial charge in [0.05, 0.1) is 6.33 Å². The highest BCUT2D eigenvalue weighted by molar-refractivity contribution is 5.91. The van der Waals surface area contributed by atoms with Crippen LogP contribution in [0.5, 0.6) is 5.88 Å². The Hall–Kier alpha value is -4.28. The number of amides is 2. The van der Waals surface area contributed by atoms with Crippen molar-refractivity contribution in [2.24, 2.45) is 0 Å². The largest absolute Gasteiger partial charge is 0.493 e. The number of imidazole rings is 1. The van der Waals surface area contributed by atoms with Crippen molar-refractivity contribution in [1.82, 2.24) is 25.3 Å². The second kappa shape index (κ2) is 10.9. The normalized spacial score (nSPS) is 9.77. The summed E-state index contributed by atoms with van der Waals surface area (Å²) in [5.74, 6) is -2.23. The number of aromatic amines is 1. The molecule has 30 heavy (non-hydrogen) atoms. The number of hydrogen-bond acceptors (Lipinski definition) is 7. The fraction of sp³-hybridized carbons (Fsp3) is 0.158. The van der Waals surface area contributed by atoms with Gasteiger partial charge in [-0.05, 0) is 24.3 Å². The molecule has 11 nitrogen and oxygen atoms in total. The summed E-state index contributed by atoms with van der Waals surface area (Å²) in [6.45, 7) is 1.63. The zero-order valence-corrected chi connectivity index (χ0v) is 16.0. The molecule has 0 atom stereocenters. The molecule has 2 aromatic heterocycles. The van der Waals surface area contributed by atoms with E-state index in [0.717, 1.165) is 6.20 Å². The van der Waals surface area contributed by atoms with Crippen LogP contribution in [0.1, 0.15) is 23.7 Å². The molecule has 3 aromatic rings. The van der Waals surface area contributed by atoms with Crippen molar-refractivity contribution in [3.8, 4) is 17.3 Å². The summed E-state index contributed by atoms with van der Waals surface area (Å²) in [5, 5.41) is 23.6. The van der Waals surface area contributed by atoms with Crippen LogP contribution in [0.25, 0.3) is 11.4 Å². The van der Waals surface area contributed by atoms with Gasteiger partial charge in [-0.2, -0.15) is 4.98 Å². The number of carboxylic acids is 1. The van der Waals surface area contributed by atoms with E-state index in [9.17, 15) is 19.5 Å². The zero-order chi connectivity index (χ0) is 21.9. The van der Waals surface area contributed by atoms with E-state index < -0.39 is 11.8 Å². The third kappa shape index (κ3) is 7.03.